The fourth-order valence-electron chi connectivity index (χ4n) is 1.64. The van der Waals surface area contributed by atoms with E-state index in [9.17, 15) is 9.90 Å². The summed E-state index contributed by atoms with van der Waals surface area (Å²) in [7, 11) is 0. The maximum atomic E-state index is 11.6. The molecule has 3 heteroatoms. The molecule has 1 aliphatic rings. The summed E-state index contributed by atoms with van der Waals surface area (Å²) in [6.07, 6.45) is 1.30. The third-order valence-electron chi connectivity index (χ3n) is 2.39. The number of hydrogen-bond acceptors (Lipinski definition) is 2. The first kappa shape index (κ1) is 10.5. The molecule has 1 rings (SSSR count). The van der Waals surface area contributed by atoms with Crippen LogP contribution in [0, 0.1) is 5.92 Å². The molecule has 1 heterocycles. The summed E-state index contributed by atoms with van der Waals surface area (Å²) >= 11 is 0. The van der Waals surface area contributed by atoms with Crippen molar-refractivity contribution in [2.45, 2.75) is 39.2 Å². The smallest absolute Gasteiger partial charge is 0.222 e. The molecule has 0 aromatic heterocycles. The molecule has 0 aromatic rings. The van der Waals surface area contributed by atoms with Crippen molar-refractivity contribution in [3.8, 4) is 0 Å². The number of β-amino-alcohol motifs (C(OH)–C–C–N with tert-alkyl or cyclic N) is 1. The van der Waals surface area contributed by atoms with Crippen molar-refractivity contribution in [1.29, 1.82) is 0 Å². The first-order valence-electron chi connectivity index (χ1n) is 4.91. The summed E-state index contributed by atoms with van der Waals surface area (Å²) in [6, 6.07) is 0. The Morgan fingerprint density at radius 1 is 1.62 bits per heavy atom. The Kier molecular flexibility index (Phi) is 2.96. The van der Waals surface area contributed by atoms with Crippen molar-refractivity contribution >= 4 is 5.91 Å². The van der Waals surface area contributed by atoms with E-state index in [1.165, 1.54) is 0 Å². The number of rotatable bonds is 2. The zero-order chi connectivity index (χ0) is 10.1. The van der Waals surface area contributed by atoms with Gasteiger partial charge < -0.3 is 10.0 Å². The summed E-state index contributed by atoms with van der Waals surface area (Å²) in [5.41, 5.74) is -0.660. The van der Waals surface area contributed by atoms with Crippen LogP contribution in [0.3, 0.4) is 0 Å². The van der Waals surface area contributed by atoms with Crippen LogP contribution in [0.15, 0.2) is 0 Å². The molecule has 3 nitrogen and oxygen atoms in total. The fraction of sp³-hybridized carbons (Fsp3) is 0.900. The van der Waals surface area contributed by atoms with Gasteiger partial charge in [-0.3, -0.25) is 4.79 Å². The van der Waals surface area contributed by atoms with Gasteiger partial charge in [0.2, 0.25) is 5.91 Å². The Morgan fingerprint density at radius 2 is 2.23 bits per heavy atom. The van der Waals surface area contributed by atoms with Crippen molar-refractivity contribution < 1.29 is 9.90 Å². The van der Waals surface area contributed by atoms with Crippen molar-refractivity contribution in [1.82, 2.24) is 4.90 Å². The van der Waals surface area contributed by atoms with E-state index in [4.69, 9.17) is 0 Å². The molecule has 76 valence electrons. The Morgan fingerprint density at radius 3 is 2.62 bits per heavy atom. The first-order chi connectivity index (χ1) is 5.91. The van der Waals surface area contributed by atoms with Gasteiger partial charge in [-0.15, -0.1) is 0 Å². The fourth-order valence-corrected chi connectivity index (χ4v) is 1.64. The normalized spacial score (nSPS) is 28.5. The number of carbonyl (C=O) groups is 1. The molecular formula is C10H19NO2. The van der Waals surface area contributed by atoms with Gasteiger partial charge >= 0.3 is 0 Å². The Balaban J connectivity index is 2.42. The summed E-state index contributed by atoms with van der Waals surface area (Å²) in [5, 5.41) is 9.65. The summed E-state index contributed by atoms with van der Waals surface area (Å²) < 4.78 is 0. The highest BCUT2D eigenvalue weighted by Gasteiger charge is 2.33. The van der Waals surface area contributed by atoms with Crippen LogP contribution in [0.25, 0.3) is 0 Å². The predicted molar refractivity (Wildman–Crippen MR) is 51.3 cm³/mol. The highest BCUT2D eigenvalue weighted by atomic mass is 16.3. The maximum absolute atomic E-state index is 11.6. The van der Waals surface area contributed by atoms with Gasteiger partial charge in [-0.1, -0.05) is 13.8 Å². The molecule has 0 spiro atoms. The Hall–Kier alpha value is -0.570. The third-order valence-corrected chi connectivity index (χ3v) is 2.39. The van der Waals surface area contributed by atoms with Crippen LogP contribution < -0.4 is 0 Å². The molecule has 1 atom stereocenters. The van der Waals surface area contributed by atoms with Gasteiger partial charge in [0, 0.05) is 19.5 Å². The minimum absolute atomic E-state index is 0.174. The van der Waals surface area contributed by atoms with Crippen molar-refractivity contribution in [3.63, 3.8) is 0 Å². The van der Waals surface area contributed by atoms with E-state index in [2.05, 4.69) is 0 Å². The number of likely N-dealkylation sites (tertiary alicyclic amines) is 1. The lowest BCUT2D eigenvalue weighted by Gasteiger charge is -2.19. The van der Waals surface area contributed by atoms with Gasteiger partial charge in [-0.25, -0.2) is 0 Å². The number of hydrogen-bond donors (Lipinski definition) is 1. The molecule has 1 N–H and O–H groups in total. The molecule has 0 aliphatic carbocycles. The quantitative estimate of drug-likeness (QED) is 0.697. The molecule has 1 amide bonds. The number of amides is 1. The molecular weight excluding hydrogens is 166 g/mol. The molecule has 0 radical (unpaired) electrons. The second-order valence-corrected chi connectivity index (χ2v) is 4.66. The molecule has 1 unspecified atom stereocenters. The molecule has 1 aliphatic heterocycles. The summed E-state index contributed by atoms with van der Waals surface area (Å²) in [4.78, 5) is 13.3. The lowest BCUT2D eigenvalue weighted by molar-refractivity contribution is -0.131. The van der Waals surface area contributed by atoms with Crippen LogP contribution >= 0.6 is 0 Å². The highest BCUT2D eigenvalue weighted by molar-refractivity contribution is 5.76. The monoisotopic (exact) mass is 185 g/mol. The maximum Gasteiger partial charge on any atom is 0.222 e. The molecule has 0 bridgehead atoms. The SMILES string of the molecule is CC(C)CC(=O)N1CCC(C)(O)C1. The number of carbonyl (C=O) groups excluding carboxylic acids is 1. The van der Waals surface area contributed by atoms with E-state index >= 15 is 0 Å². The van der Waals surface area contributed by atoms with Gasteiger partial charge in [0.25, 0.3) is 0 Å². The van der Waals surface area contributed by atoms with Gasteiger partial charge in [-0.05, 0) is 19.3 Å². The van der Waals surface area contributed by atoms with E-state index in [0.29, 0.717) is 31.8 Å². The van der Waals surface area contributed by atoms with Crippen molar-refractivity contribution in [2.75, 3.05) is 13.1 Å². The zero-order valence-electron chi connectivity index (χ0n) is 8.71. The molecule has 13 heavy (non-hydrogen) atoms. The lowest BCUT2D eigenvalue weighted by atomic mass is 10.1. The largest absolute Gasteiger partial charge is 0.388 e. The van der Waals surface area contributed by atoms with Gasteiger partial charge in [0.15, 0.2) is 0 Å². The van der Waals surface area contributed by atoms with Crippen LogP contribution in [0.4, 0.5) is 0 Å². The van der Waals surface area contributed by atoms with E-state index < -0.39 is 5.60 Å². The summed E-state index contributed by atoms with van der Waals surface area (Å²) in [6.45, 7) is 7.06. The zero-order valence-corrected chi connectivity index (χ0v) is 8.71. The van der Waals surface area contributed by atoms with Gasteiger partial charge in [0.05, 0.1) is 5.60 Å². The van der Waals surface area contributed by atoms with E-state index in [1.807, 2.05) is 13.8 Å². The molecule has 0 saturated carbocycles. The van der Waals surface area contributed by atoms with E-state index in [-0.39, 0.29) is 5.91 Å². The second kappa shape index (κ2) is 3.66. The van der Waals surface area contributed by atoms with E-state index in [1.54, 1.807) is 11.8 Å². The van der Waals surface area contributed by atoms with E-state index in [0.717, 1.165) is 0 Å². The predicted octanol–water partition coefficient (Wildman–Crippen LogP) is 1.02. The van der Waals surface area contributed by atoms with Gasteiger partial charge in [0.1, 0.15) is 0 Å². The van der Waals surface area contributed by atoms with Crippen molar-refractivity contribution in [2.24, 2.45) is 5.92 Å². The van der Waals surface area contributed by atoms with Gasteiger partial charge in [-0.2, -0.15) is 0 Å². The standard InChI is InChI=1S/C10H19NO2/c1-8(2)6-9(12)11-5-4-10(3,13)7-11/h8,13H,4-7H2,1-3H3. The van der Waals surface area contributed by atoms with Crippen LogP contribution in [-0.4, -0.2) is 34.6 Å². The number of aliphatic hydroxyl groups is 1. The molecule has 1 fully saturated rings. The van der Waals surface area contributed by atoms with Crippen molar-refractivity contribution in [3.05, 3.63) is 0 Å². The van der Waals surface area contributed by atoms with Crippen LogP contribution in [0.5, 0.6) is 0 Å². The molecule has 0 aromatic carbocycles. The average molecular weight is 185 g/mol. The summed E-state index contributed by atoms with van der Waals surface area (Å²) in [5.74, 6) is 0.575. The minimum Gasteiger partial charge on any atom is -0.388 e. The highest BCUT2D eigenvalue weighted by Crippen LogP contribution is 2.21. The Bertz CT molecular complexity index is 199. The lowest BCUT2D eigenvalue weighted by Crippen LogP contribution is -2.34. The second-order valence-electron chi connectivity index (χ2n) is 4.66. The average Bonchev–Trinajstić information content (AvgIpc) is 2.28. The third kappa shape index (κ3) is 2.99. The Labute approximate surface area is 79.7 Å². The number of nitrogens with zero attached hydrogens (tertiary/aromatic N) is 1. The molecule has 1 saturated heterocycles. The van der Waals surface area contributed by atoms with Crippen LogP contribution in [0.1, 0.15) is 33.6 Å². The minimum atomic E-state index is -0.660. The first-order valence-corrected chi connectivity index (χ1v) is 4.91. The van der Waals surface area contributed by atoms with Crippen LogP contribution in [0.2, 0.25) is 0 Å². The topological polar surface area (TPSA) is 40.5 Å². The van der Waals surface area contributed by atoms with Crippen LogP contribution in [-0.2, 0) is 4.79 Å².